The van der Waals surface area contributed by atoms with Gasteiger partial charge < -0.3 is 14.2 Å². The smallest absolute Gasteiger partial charge is 0.318 e. The molecule has 2 rings (SSSR count). The first kappa shape index (κ1) is 10.6. The SMILES string of the molecule is COC(=O)[C@@H]1C=C[C@H](C)CC12OCCO2. The summed E-state index contributed by atoms with van der Waals surface area (Å²) >= 11 is 0. The van der Waals surface area contributed by atoms with Gasteiger partial charge >= 0.3 is 5.97 Å². The Hall–Kier alpha value is -0.870. The lowest BCUT2D eigenvalue weighted by Crippen LogP contribution is -2.46. The second kappa shape index (κ2) is 3.94. The molecule has 0 N–H and O–H groups in total. The Morgan fingerprint density at radius 3 is 2.67 bits per heavy atom. The number of hydrogen-bond acceptors (Lipinski definition) is 4. The van der Waals surface area contributed by atoms with Crippen molar-refractivity contribution >= 4 is 5.97 Å². The molecule has 0 unspecified atom stereocenters. The summed E-state index contributed by atoms with van der Waals surface area (Å²) in [6.45, 7) is 3.18. The highest BCUT2D eigenvalue weighted by molar-refractivity contribution is 5.76. The zero-order valence-corrected chi connectivity index (χ0v) is 9.06. The number of methoxy groups -OCH3 is 1. The van der Waals surface area contributed by atoms with Gasteiger partial charge in [0.2, 0.25) is 0 Å². The van der Waals surface area contributed by atoms with E-state index in [1.165, 1.54) is 7.11 Å². The van der Waals surface area contributed by atoms with Crippen molar-refractivity contribution < 1.29 is 19.0 Å². The van der Waals surface area contributed by atoms with E-state index in [0.717, 1.165) is 0 Å². The fraction of sp³-hybridized carbons (Fsp3) is 0.727. The van der Waals surface area contributed by atoms with Gasteiger partial charge in [0.1, 0.15) is 5.92 Å². The molecule has 0 aromatic carbocycles. The number of allylic oxidation sites excluding steroid dienone is 1. The van der Waals surface area contributed by atoms with Crippen LogP contribution >= 0.6 is 0 Å². The topological polar surface area (TPSA) is 44.8 Å². The van der Waals surface area contributed by atoms with Crippen molar-refractivity contribution in [1.82, 2.24) is 0 Å². The van der Waals surface area contributed by atoms with Crippen molar-refractivity contribution in [3.8, 4) is 0 Å². The number of carbonyl (C=O) groups excluding carboxylic acids is 1. The zero-order chi connectivity index (χ0) is 10.9. The van der Waals surface area contributed by atoms with Crippen LogP contribution in [0.5, 0.6) is 0 Å². The van der Waals surface area contributed by atoms with Crippen molar-refractivity contribution in [2.45, 2.75) is 19.1 Å². The summed E-state index contributed by atoms with van der Waals surface area (Å²) < 4.78 is 16.0. The molecule has 0 aromatic heterocycles. The van der Waals surface area contributed by atoms with Gasteiger partial charge in [-0.15, -0.1) is 0 Å². The zero-order valence-electron chi connectivity index (χ0n) is 9.06. The van der Waals surface area contributed by atoms with E-state index in [1.807, 2.05) is 12.2 Å². The first-order valence-electron chi connectivity index (χ1n) is 5.22. The molecular formula is C11H16O4. The third-order valence-electron chi connectivity index (χ3n) is 2.94. The molecule has 1 aliphatic heterocycles. The second-order valence-electron chi connectivity index (χ2n) is 4.08. The van der Waals surface area contributed by atoms with Gasteiger partial charge in [0.25, 0.3) is 0 Å². The van der Waals surface area contributed by atoms with Crippen LogP contribution < -0.4 is 0 Å². The van der Waals surface area contributed by atoms with Crippen molar-refractivity contribution in [2.75, 3.05) is 20.3 Å². The Bertz CT molecular complexity index is 278. The molecule has 1 fully saturated rings. The van der Waals surface area contributed by atoms with E-state index < -0.39 is 11.7 Å². The minimum absolute atomic E-state index is 0.292. The van der Waals surface area contributed by atoms with Crippen LogP contribution in [0.4, 0.5) is 0 Å². The summed E-state index contributed by atoms with van der Waals surface area (Å²) in [5.41, 5.74) is 0. The molecule has 4 heteroatoms. The molecule has 0 bridgehead atoms. The molecule has 0 amide bonds. The van der Waals surface area contributed by atoms with Crippen molar-refractivity contribution in [3.63, 3.8) is 0 Å². The number of hydrogen-bond donors (Lipinski definition) is 0. The molecule has 2 atom stereocenters. The Labute approximate surface area is 89.2 Å². The van der Waals surface area contributed by atoms with E-state index >= 15 is 0 Å². The summed E-state index contributed by atoms with van der Waals surface area (Å²) in [5, 5.41) is 0. The van der Waals surface area contributed by atoms with Crippen molar-refractivity contribution in [2.24, 2.45) is 11.8 Å². The van der Waals surface area contributed by atoms with Crippen LogP contribution in [0, 0.1) is 11.8 Å². The summed E-state index contributed by atoms with van der Waals surface area (Å²) in [4.78, 5) is 11.6. The molecule has 1 heterocycles. The Kier molecular flexibility index (Phi) is 2.80. The first-order valence-corrected chi connectivity index (χ1v) is 5.22. The molecule has 4 nitrogen and oxygen atoms in total. The van der Waals surface area contributed by atoms with Gasteiger partial charge in [-0.05, 0) is 5.92 Å². The maximum Gasteiger partial charge on any atom is 0.318 e. The van der Waals surface area contributed by atoms with Crippen LogP contribution in [0.2, 0.25) is 0 Å². The van der Waals surface area contributed by atoms with Gasteiger partial charge in [-0.3, -0.25) is 4.79 Å². The maximum absolute atomic E-state index is 11.6. The first-order chi connectivity index (χ1) is 7.18. The van der Waals surface area contributed by atoms with E-state index in [0.29, 0.717) is 25.6 Å². The third kappa shape index (κ3) is 1.79. The lowest BCUT2D eigenvalue weighted by Gasteiger charge is -2.36. The van der Waals surface area contributed by atoms with E-state index in [9.17, 15) is 4.79 Å². The van der Waals surface area contributed by atoms with Crippen LogP contribution in [0.3, 0.4) is 0 Å². The molecule has 1 saturated heterocycles. The number of ether oxygens (including phenoxy) is 3. The average molecular weight is 212 g/mol. The summed E-state index contributed by atoms with van der Waals surface area (Å²) in [6, 6.07) is 0. The fourth-order valence-electron chi connectivity index (χ4n) is 2.24. The lowest BCUT2D eigenvalue weighted by molar-refractivity contribution is -0.208. The molecule has 84 valence electrons. The molecule has 0 radical (unpaired) electrons. The van der Waals surface area contributed by atoms with Gasteiger partial charge in [0.05, 0.1) is 20.3 Å². The van der Waals surface area contributed by atoms with Gasteiger partial charge in [0.15, 0.2) is 5.79 Å². The number of esters is 1. The van der Waals surface area contributed by atoms with E-state index in [2.05, 4.69) is 6.92 Å². The van der Waals surface area contributed by atoms with Gasteiger partial charge in [-0.1, -0.05) is 19.1 Å². The van der Waals surface area contributed by atoms with Crippen LogP contribution in [0.25, 0.3) is 0 Å². The quantitative estimate of drug-likeness (QED) is 0.482. The van der Waals surface area contributed by atoms with Crippen molar-refractivity contribution in [1.29, 1.82) is 0 Å². The highest BCUT2D eigenvalue weighted by Gasteiger charge is 2.49. The van der Waals surface area contributed by atoms with E-state index in [4.69, 9.17) is 14.2 Å². The Morgan fingerprint density at radius 1 is 1.40 bits per heavy atom. The highest BCUT2D eigenvalue weighted by Crippen LogP contribution is 2.39. The largest absolute Gasteiger partial charge is 0.468 e. The molecule has 0 aromatic rings. The van der Waals surface area contributed by atoms with Gasteiger partial charge in [-0.2, -0.15) is 0 Å². The average Bonchev–Trinajstić information content (AvgIpc) is 2.66. The van der Waals surface area contributed by atoms with Crippen LogP contribution in [-0.4, -0.2) is 32.1 Å². The third-order valence-corrected chi connectivity index (χ3v) is 2.94. The fourth-order valence-corrected chi connectivity index (χ4v) is 2.24. The van der Waals surface area contributed by atoms with Gasteiger partial charge in [-0.25, -0.2) is 0 Å². The lowest BCUT2D eigenvalue weighted by atomic mass is 9.83. The minimum atomic E-state index is -0.777. The monoisotopic (exact) mass is 212 g/mol. The van der Waals surface area contributed by atoms with Crippen molar-refractivity contribution in [3.05, 3.63) is 12.2 Å². The van der Waals surface area contributed by atoms with E-state index in [-0.39, 0.29) is 5.97 Å². The summed E-state index contributed by atoms with van der Waals surface area (Å²) in [6.07, 6.45) is 4.56. The summed E-state index contributed by atoms with van der Waals surface area (Å²) in [7, 11) is 1.39. The molecule has 2 aliphatic rings. The van der Waals surface area contributed by atoms with Gasteiger partial charge in [0, 0.05) is 6.42 Å². The standard InChI is InChI=1S/C11H16O4/c1-8-3-4-9(10(12)13-2)11(7-8)14-5-6-15-11/h3-4,8-9H,5-7H2,1-2H3/t8-,9-/m0/s1. The van der Waals surface area contributed by atoms with Crippen LogP contribution in [-0.2, 0) is 19.0 Å². The normalized spacial score (nSPS) is 33.2. The minimum Gasteiger partial charge on any atom is -0.468 e. The Morgan fingerprint density at radius 2 is 2.07 bits per heavy atom. The maximum atomic E-state index is 11.6. The predicted octanol–water partition coefficient (Wildman–Crippen LogP) is 1.11. The van der Waals surface area contributed by atoms with Crippen LogP contribution in [0.1, 0.15) is 13.3 Å². The predicted molar refractivity (Wildman–Crippen MR) is 53.1 cm³/mol. The second-order valence-corrected chi connectivity index (χ2v) is 4.08. The number of rotatable bonds is 1. The molecule has 1 spiro atoms. The van der Waals surface area contributed by atoms with Crippen LogP contribution in [0.15, 0.2) is 12.2 Å². The summed E-state index contributed by atoms with van der Waals surface area (Å²) in [5.74, 6) is -1.13. The molecule has 0 saturated carbocycles. The Balaban J connectivity index is 2.25. The highest BCUT2D eigenvalue weighted by atomic mass is 16.7. The molecular weight excluding hydrogens is 196 g/mol. The number of carbonyl (C=O) groups is 1. The van der Waals surface area contributed by atoms with E-state index in [1.54, 1.807) is 0 Å². The molecule has 1 aliphatic carbocycles. The molecule has 15 heavy (non-hydrogen) atoms.